The van der Waals surface area contributed by atoms with Gasteiger partial charge in [0.2, 0.25) is 0 Å². The lowest BCUT2D eigenvalue weighted by atomic mass is 9.96. The topological polar surface area (TPSA) is 29.0 Å². The standard InChI is InChI=1S/C15H20FN3/c1-3-10-7-11-5-6-12(8-10)19(11)15-14(16)13(4-2)17-9-18-15/h3,9,11-12H,4-8H2,1-2H3. The van der Waals surface area contributed by atoms with Gasteiger partial charge in [0.25, 0.3) is 0 Å². The molecule has 4 heteroatoms. The van der Waals surface area contributed by atoms with Gasteiger partial charge >= 0.3 is 0 Å². The fourth-order valence-electron chi connectivity index (χ4n) is 3.45. The van der Waals surface area contributed by atoms with Crippen LogP contribution in [0.1, 0.15) is 45.2 Å². The SMILES string of the molecule is CC=C1CC2CCC(C1)N2c1ncnc(CC)c1F. The van der Waals surface area contributed by atoms with E-state index in [1.807, 2.05) is 6.92 Å². The summed E-state index contributed by atoms with van der Waals surface area (Å²) >= 11 is 0. The summed E-state index contributed by atoms with van der Waals surface area (Å²) in [5.41, 5.74) is 2.04. The summed E-state index contributed by atoms with van der Waals surface area (Å²) < 4.78 is 14.4. The van der Waals surface area contributed by atoms with Gasteiger partial charge in [-0.05, 0) is 39.0 Å². The predicted octanol–water partition coefficient (Wildman–Crippen LogP) is 3.26. The van der Waals surface area contributed by atoms with E-state index in [9.17, 15) is 4.39 Å². The second kappa shape index (κ2) is 4.91. The van der Waals surface area contributed by atoms with Crippen molar-refractivity contribution in [2.45, 2.75) is 58.0 Å². The van der Waals surface area contributed by atoms with Crippen LogP contribution in [-0.4, -0.2) is 22.1 Å². The fraction of sp³-hybridized carbons (Fsp3) is 0.600. The molecule has 3 heterocycles. The molecule has 2 atom stereocenters. The molecule has 1 aromatic rings. The van der Waals surface area contributed by atoms with Crippen molar-refractivity contribution in [2.75, 3.05) is 4.90 Å². The van der Waals surface area contributed by atoms with Crippen molar-refractivity contribution in [1.82, 2.24) is 9.97 Å². The highest BCUT2D eigenvalue weighted by molar-refractivity contribution is 5.47. The molecule has 2 aliphatic heterocycles. The highest BCUT2D eigenvalue weighted by Crippen LogP contribution is 2.41. The van der Waals surface area contributed by atoms with Crippen molar-refractivity contribution in [1.29, 1.82) is 0 Å². The Morgan fingerprint density at radius 3 is 2.58 bits per heavy atom. The fourth-order valence-corrected chi connectivity index (χ4v) is 3.45. The van der Waals surface area contributed by atoms with Crippen LogP contribution < -0.4 is 4.90 Å². The molecule has 2 aliphatic rings. The average Bonchev–Trinajstić information content (AvgIpc) is 2.69. The number of piperidine rings is 1. The average molecular weight is 261 g/mol. The molecule has 3 nitrogen and oxygen atoms in total. The second-order valence-corrected chi connectivity index (χ2v) is 5.46. The Kier molecular flexibility index (Phi) is 3.25. The van der Waals surface area contributed by atoms with E-state index < -0.39 is 0 Å². The van der Waals surface area contributed by atoms with Crippen LogP contribution in [-0.2, 0) is 6.42 Å². The summed E-state index contributed by atoms with van der Waals surface area (Å²) in [5, 5.41) is 0. The Bertz CT molecular complexity index is 496. The van der Waals surface area contributed by atoms with Gasteiger partial charge in [-0.25, -0.2) is 14.4 Å². The van der Waals surface area contributed by atoms with Crippen LogP contribution >= 0.6 is 0 Å². The number of hydrogen-bond acceptors (Lipinski definition) is 3. The van der Waals surface area contributed by atoms with Crippen LogP contribution in [0, 0.1) is 5.82 Å². The molecule has 2 saturated heterocycles. The normalized spacial score (nSPS) is 25.8. The zero-order chi connectivity index (χ0) is 13.4. The molecular formula is C15H20FN3. The minimum absolute atomic E-state index is 0.217. The molecule has 1 aromatic heterocycles. The van der Waals surface area contributed by atoms with Gasteiger partial charge in [0.15, 0.2) is 11.6 Å². The first kappa shape index (κ1) is 12.6. The minimum atomic E-state index is -0.217. The van der Waals surface area contributed by atoms with E-state index in [1.54, 1.807) is 0 Å². The quantitative estimate of drug-likeness (QED) is 0.765. The van der Waals surface area contributed by atoms with Crippen molar-refractivity contribution in [3.8, 4) is 0 Å². The Hall–Kier alpha value is -1.45. The van der Waals surface area contributed by atoms with Crippen molar-refractivity contribution < 1.29 is 4.39 Å². The van der Waals surface area contributed by atoms with Gasteiger partial charge in [0.05, 0.1) is 5.69 Å². The number of halogens is 1. The van der Waals surface area contributed by atoms with E-state index in [2.05, 4.69) is 27.9 Å². The highest BCUT2D eigenvalue weighted by Gasteiger charge is 2.40. The first-order chi connectivity index (χ1) is 9.24. The van der Waals surface area contributed by atoms with Crippen LogP contribution in [0.3, 0.4) is 0 Å². The zero-order valence-corrected chi connectivity index (χ0v) is 11.6. The lowest BCUT2D eigenvalue weighted by Crippen LogP contribution is -2.41. The number of rotatable bonds is 2. The Labute approximate surface area is 113 Å². The molecule has 0 radical (unpaired) electrons. The maximum atomic E-state index is 14.4. The first-order valence-corrected chi connectivity index (χ1v) is 7.16. The third kappa shape index (κ3) is 2.03. The number of aromatic nitrogens is 2. The molecule has 3 rings (SSSR count). The minimum Gasteiger partial charge on any atom is -0.347 e. The van der Waals surface area contributed by atoms with E-state index in [-0.39, 0.29) is 5.82 Å². The lowest BCUT2D eigenvalue weighted by Gasteiger charge is -2.37. The zero-order valence-electron chi connectivity index (χ0n) is 11.6. The Morgan fingerprint density at radius 1 is 1.32 bits per heavy atom. The highest BCUT2D eigenvalue weighted by atomic mass is 19.1. The van der Waals surface area contributed by atoms with E-state index in [0.717, 1.165) is 25.7 Å². The summed E-state index contributed by atoms with van der Waals surface area (Å²) in [6.45, 7) is 4.03. The first-order valence-electron chi connectivity index (χ1n) is 7.16. The molecule has 0 amide bonds. The molecule has 19 heavy (non-hydrogen) atoms. The summed E-state index contributed by atoms with van der Waals surface area (Å²) in [6, 6.07) is 0.832. The van der Waals surface area contributed by atoms with E-state index in [4.69, 9.17) is 0 Å². The third-order valence-electron chi connectivity index (χ3n) is 4.45. The Morgan fingerprint density at radius 2 is 2.00 bits per heavy atom. The van der Waals surface area contributed by atoms with Gasteiger partial charge in [-0.3, -0.25) is 0 Å². The second-order valence-electron chi connectivity index (χ2n) is 5.46. The molecule has 2 bridgehead atoms. The molecule has 0 saturated carbocycles. The molecule has 2 unspecified atom stereocenters. The lowest BCUT2D eigenvalue weighted by molar-refractivity contribution is 0.514. The van der Waals surface area contributed by atoms with Gasteiger partial charge in [-0.15, -0.1) is 0 Å². The summed E-state index contributed by atoms with van der Waals surface area (Å²) in [4.78, 5) is 10.5. The number of anilines is 1. The van der Waals surface area contributed by atoms with Crippen LogP contribution in [0.5, 0.6) is 0 Å². The molecule has 0 aromatic carbocycles. The largest absolute Gasteiger partial charge is 0.347 e. The maximum Gasteiger partial charge on any atom is 0.187 e. The van der Waals surface area contributed by atoms with E-state index >= 15 is 0 Å². The smallest absolute Gasteiger partial charge is 0.187 e. The van der Waals surface area contributed by atoms with Crippen molar-refractivity contribution in [3.63, 3.8) is 0 Å². The van der Waals surface area contributed by atoms with Crippen molar-refractivity contribution >= 4 is 5.82 Å². The summed E-state index contributed by atoms with van der Waals surface area (Å²) in [5.74, 6) is 0.306. The maximum absolute atomic E-state index is 14.4. The molecular weight excluding hydrogens is 241 g/mol. The number of aryl methyl sites for hydroxylation is 1. The molecule has 2 fully saturated rings. The molecule has 0 N–H and O–H groups in total. The molecule has 0 aliphatic carbocycles. The van der Waals surface area contributed by atoms with Gasteiger partial charge in [-0.2, -0.15) is 0 Å². The summed E-state index contributed by atoms with van der Waals surface area (Å²) in [6.07, 6.45) is 8.73. The number of hydrogen-bond donors (Lipinski definition) is 0. The number of nitrogens with zero attached hydrogens (tertiary/aromatic N) is 3. The van der Waals surface area contributed by atoms with Crippen molar-refractivity contribution in [3.05, 3.63) is 29.5 Å². The monoisotopic (exact) mass is 261 g/mol. The number of allylic oxidation sites excluding steroid dienone is 1. The van der Waals surface area contributed by atoms with Gasteiger partial charge in [-0.1, -0.05) is 18.6 Å². The summed E-state index contributed by atoms with van der Waals surface area (Å²) in [7, 11) is 0. The Balaban J connectivity index is 1.96. The van der Waals surface area contributed by atoms with Gasteiger partial charge < -0.3 is 4.90 Å². The molecule has 102 valence electrons. The third-order valence-corrected chi connectivity index (χ3v) is 4.45. The predicted molar refractivity (Wildman–Crippen MR) is 73.6 cm³/mol. The van der Waals surface area contributed by atoms with Crippen molar-refractivity contribution in [2.24, 2.45) is 0 Å². The van der Waals surface area contributed by atoms with Gasteiger partial charge in [0, 0.05) is 12.1 Å². The van der Waals surface area contributed by atoms with Crippen LogP contribution in [0.25, 0.3) is 0 Å². The van der Waals surface area contributed by atoms with Crippen LogP contribution in [0.2, 0.25) is 0 Å². The number of fused-ring (bicyclic) bond motifs is 2. The molecule has 0 spiro atoms. The van der Waals surface area contributed by atoms with E-state index in [1.165, 1.54) is 11.9 Å². The van der Waals surface area contributed by atoms with Gasteiger partial charge in [0.1, 0.15) is 6.33 Å². The van der Waals surface area contributed by atoms with Crippen LogP contribution in [0.4, 0.5) is 10.2 Å². The van der Waals surface area contributed by atoms with Crippen LogP contribution in [0.15, 0.2) is 18.0 Å². The van der Waals surface area contributed by atoms with E-state index in [0.29, 0.717) is 30.0 Å².